The Hall–Kier alpha value is -3.23. The highest BCUT2D eigenvalue weighted by molar-refractivity contribution is 7.94. The summed E-state index contributed by atoms with van der Waals surface area (Å²) in [5, 5.41) is 5.83. The Morgan fingerprint density at radius 2 is 1.76 bits per heavy atom. The maximum atomic E-state index is 12.8. The number of carbonyl (C=O) groups is 1. The molecule has 3 aromatic rings. The van der Waals surface area contributed by atoms with Crippen LogP contribution >= 0.6 is 11.3 Å². The van der Waals surface area contributed by atoms with Gasteiger partial charge in [-0.25, -0.2) is 13.8 Å². The molecule has 0 aliphatic rings. The maximum Gasteiger partial charge on any atom is 0.273 e. The van der Waals surface area contributed by atoms with Crippen LogP contribution in [0.3, 0.4) is 0 Å². The van der Waals surface area contributed by atoms with Gasteiger partial charge < -0.3 is 0 Å². The van der Waals surface area contributed by atoms with Gasteiger partial charge in [-0.2, -0.15) is 5.10 Å². The van der Waals surface area contributed by atoms with Gasteiger partial charge in [0.2, 0.25) is 0 Å². The third-order valence-electron chi connectivity index (χ3n) is 4.79. The topological polar surface area (TPSA) is 87.6 Å². The maximum absolute atomic E-state index is 12.8. The van der Waals surface area contributed by atoms with Crippen molar-refractivity contribution < 1.29 is 13.2 Å². The van der Waals surface area contributed by atoms with Gasteiger partial charge in [0.1, 0.15) is 4.21 Å². The summed E-state index contributed by atoms with van der Waals surface area (Å²) in [6, 6.07) is 19.6. The molecule has 0 saturated heterocycles. The number of rotatable bonds is 11. The minimum Gasteiger partial charge on any atom is -0.278 e. The van der Waals surface area contributed by atoms with E-state index in [1.54, 1.807) is 41.9 Å². The van der Waals surface area contributed by atoms with Crippen LogP contribution in [0.5, 0.6) is 0 Å². The number of hydrazone groups is 1. The molecule has 0 aliphatic heterocycles. The van der Waals surface area contributed by atoms with E-state index in [0.29, 0.717) is 0 Å². The largest absolute Gasteiger partial charge is 0.278 e. The van der Waals surface area contributed by atoms with Gasteiger partial charge in [0.25, 0.3) is 15.9 Å². The van der Waals surface area contributed by atoms with Gasteiger partial charge >= 0.3 is 0 Å². The lowest BCUT2D eigenvalue weighted by atomic mass is 10.1. The van der Waals surface area contributed by atoms with E-state index in [1.807, 2.05) is 30.3 Å². The van der Waals surface area contributed by atoms with Crippen molar-refractivity contribution in [2.75, 3.05) is 4.72 Å². The normalized spacial score (nSPS) is 12.1. The fraction of sp³-hybridized carbons (Fsp3) is 0.200. The SMILES string of the molecule is CCCCCC(C=NNC(=O)c1ccccc1NS(=O)(=O)c1cccs1)=Cc1ccccc1. The molecule has 8 heteroatoms. The predicted octanol–water partition coefficient (Wildman–Crippen LogP) is 5.93. The number of unbranched alkanes of at least 4 members (excludes halogenated alkanes) is 2. The van der Waals surface area contributed by atoms with E-state index in [0.717, 1.165) is 48.2 Å². The van der Waals surface area contributed by atoms with E-state index >= 15 is 0 Å². The molecule has 0 atom stereocenters. The summed E-state index contributed by atoms with van der Waals surface area (Å²) in [6.45, 7) is 2.15. The van der Waals surface area contributed by atoms with Crippen molar-refractivity contribution in [1.82, 2.24) is 5.43 Å². The van der Waals surface area contributed by atoms with Crippen molar-refractivity contribution in [2.45, 2.75) is 36.8 Å². The summed E-state index contributed by atoms with van der Waals surface area (Å²) in [4.78, 5) is 12.8. The van der Waals surface area contributed by atoms with E-state index in [2.05, 4.69) is 28.2 Å². The first-order valence-electron chi connectivity index (χ1n) is 10.7. The molecule has 2 N–H and O–H groups in total. The molecule has 0 fully saturated rings. The summed E-state index contributed by atoms with van der Waals surface area (Å²) in [5.41, 5.74) is 4.98. The molecule has 172 valence electrons. The van der Waals surface area contributed by atoms with Gasteiger partial charge in [0.05, 0.1) is 17.5 Å². The second kappa shape index (κ2) is 12.1. The van der Waals surface area contributed by atoms with Crippen LogP contribution in [0.25, 0.3) is 6.08 Å². The molecule has 2 aromatic carbocycles. The first-order valence-corrected chi connectivity index (χ1v) is 13.1. The number of benzene rings is 2. The van der Waals surface area contributed by atoms with E-state index in [4.69, 9.17) is 0 Å². The fourth-order valence-corrected chi connectivity index (χ4v) is 5.20. The van der Waals surface area contributed by atoms with Gasteiger partial charge in [-0.15, -0.1) is 11.3 Å². The Labute approximate surface area is 199 Å². The summed E-state index contributed by atoms with van der Waals surface area (Å²) >= 11 is 1.11. The molecule has 0 saturated carbocycles. The second-order valence-corrected chi connectivity index (χ2v) is 10.2. The van der Waals surface area contributed by atoms with Crippen LogP contribution < -0.4 is 10.1 Å². The van der Waals surface area contributed by atoms with E-state index < -0.39 is 15.9 Å². The highest BCUT2D eigenvalue weighted by atomic mass is 32.2. The van der Waals surface area contributed by atoms with Crippen LogP contribution in [0.15, 0.2) is 87.0 Å². The third kappa shape index (κ3) is 7.40. The number of hydrogen-bond donors (Lipinski definition) is 2. The van der Waals surface area contributed by atoms with Crippen LogP contribution in [-0.4, -0.2) is 20.5 Å². The van der Waals surface area contributed by atoms with E-state index in [-0.39, 0.29) is 15.5 Å². The number of anilines is 1. The molecule has 0 radical (unpaired) electrons. The van der Waals surface area contributed by atoms with Crippen LogP contribution in [0.1, 0.15) is 48.5 Å². The molecule has 33 heavy (non-hydrogen) atoms. The molecular formula is C25H27N3O3S2. The molecule has 0 unspecified atom stereocenters. The number of carbonyl (C=O) groups excluding carboxylic acids is 1. The lowest BCUT2D eigenvalue weighted by Crippen LogP contribution is -2.21. The van der Waals surface area contributed by atoms with Crippen molar-refractivity contribution in [3.8, 4) is 0 Å². The minimum atomic E-state index is -3.77. The highest BCUT2D eigenvalue weighted by Gasteiger charge is 2.19. The average Bonchev–Trinajstić information content (AvgIpc) is 3.36. The lowest BCUT2D eigenvalue weighted by Gasteiger charge is -2.10. The molecule has 3 rings (SSSR count). The summed E-state index contributed by atoms with van der Waals surface area (Å²) in [5.74, 6) is -0.497. The summed E-state index contributed by atoms with van der Waals surface area (Å²) in [6.07, 6.45) is 7.81. The Bertz CT molecular complexity index is 1200. The number of thiophene rings is 1. The van der Waals surface area contributed by atoms with Gasteiger partial charge in [0, 0.05) is 0 Å². The minimum absolute atomic E-state index is 0.179. The monoisotopic (exact) mass is 481 g/mol. The van der Waals surface area contributed by atoms with Crippen LogP contribution in [-0.2, 0) is 10.0 Å². The van der Waals surface area contributed by atoms with Crippen molar-refractivity contribution in [3.63, 3.8) is 0 Å². The number of nitrogens with zero attached hydrogens (tertiary/aromatic N) is 1. The third-order valence-corrected chi connectivity index (χ3v) is 7.56. The van der Waals surface area contributed by atoms with Crippen molar-refractivity contribution >= 4 is 45.2 Å². The quantitative estimate of drug-likeness (QED) is 0.202. The molecule has 0 aliphatic carbocycles. The standard InChI is InChI=1S/C25H27N3O3S2/c1-2-3-5-13-21(18-20-11-6-4-7-12-20)19-26-27-25(29)22-14-8-9-15-23(22)28-33(30,31)24-16-10-17-32-24/h4,6-12,14-19,28H,2-3,5,13H2,1H3,(H,27,29). The first kappa shape index (κ1) is 24.4. The molecule has 1 amide bonds. The average molecular weight is 482 g/mol. The zero-order valence-electron chi connectivity index (χ0n) is 18.4. The van der Waals surface area contributed by atoms with Crippen molar-refractivity contribution in [1.29, 1.82) is 0 Å². The summed E-state index contributed by atoms with van der Waals surface area (Å²) in [7, 11) is -3.77. The molecule has 0 spiro atoms. The second-order valence-electron chi connectivity index (χ2n) is 7.37. The van der Waals surface area contributed by atoms with Gasteiger partial charge in [-0.3, -0.25) is 9.52 Å². The fourth-order valence-electron chi connectivity index (χ4n) is 3.13. The molecule has 1 heterocycles. The Balaban J connectivity index is 1.73. The van der Waals surface area contributed by atoms with Crippen molar-refractivity contribution in [3.05, 3.63) is 88.8 Å². The van der Waals surface area contributed by atoms with Crippen LogP contribution in [0.2, 0.25) is 0 Å². The number of amides is 1. The van der Waals surface area contributed by atoms with Gasteiger partial charge in [-0.1, -0.05) is 74.4 Å². The van der Waals surface area contributed by atoms with Crippen molar-refractivity contribution in [2.24, 2.45) is 5.10 Å². The smallest absolute Gasteiger partial charge is 0.273 e. The number of hydrogen-bond acceptors (Lipinski definition) is 5. The first-order chi connectivity index (χ1) is 16.0. The summed E-state index contributed by atoms with van der Waals surface area (Å²) < 4.78 is 27.8. The van der Waals surface area contributed by atoms with E-state index in [1.165, 1.54) is 6.07 Å². The Morgan fingerprint density at radius 3 is 2.48 bits per heavy atom. The number of para-hydroxylation sites is 1. The van der Waals surface area contributed by atoms with Gasteiger partial charge in [0.15, 0.2) is 0 Å². The molecule has 6 nitrogen and oxygen atoms in total. The zero-order chi connectivity index (χ0) is 23.5. The number of nitrogens with one attached hydrogen (secondary N) is 2. The molecule has 1 aromatic heterocycles. The predicted molar refractivity (Wildman–Crippen MR) is 136 cm³/mol. The van der Waals surface area contributed by atoms with E-state index in [9.17, 15) is 13.2 Å². The lowest BCUT2D eigenvalue weighted by molar-refractivity contribution is 0.0956. The van der Waals surface area contributed by atoms with Crippen LogP contribution in [0.4, 0.5) is 5.69 Å². The van der Waals surface area contributed by atoms with Crippen LogP contribution in [0, 0.1) is 0 Å². The molecule has 0 bridgehead atoms. The Kier molecular flexibility index (Phi) is 8.97. The Morgan fingerprint density at radius 1 is 1.00 bits per heavy atom. The highest BCUT2D eigenvalue weighted by Crippen LogP contribution is 2.23. The van der Waals surface area contributed by atoms with Gasteiger partial charge in [-0.05, 0) is 47.6 Å². The molecular weight excluding hydrogens is 454 g/mol. The zero-order valence-corrected chi connectivity index (χ0v) is 20.0. The number of allylic oxidation sites excluding steroid dienone is 1. The number of sulfonamides is 1.